The lowest BCUT2D eigenvalue weighted by molar-refractivity contribution is -0.135. The highest BCUT2D eigenvalue weighted by Gasteiger charge is 2.15. The van der Waals surface area contributed by atoms with E-state index in [4.69, 9.17) is 5.11 Å². The smallest absolute Gasteiger partial charge is 0.323 e. The van der Waals surface area contributed by atoms with Crippen molar-refractivity contribution < 1.29 is 9.90 Å². The summed E-state index contributed by atoms with van der Waals surface area (Å²) >= 11 is 0. The van der Waals surface area contributed by atoms with E-state index in [1.54, 1.807) is 11.1 Å². The molecule has 0 aliphatic heterocycles. The maximum Gasteiger partial charge on any atom is 0.323 e. The van der Waals surface area contributed by atoms with Crippen LogP contribution in [0.2, 0.25) is 0 Å². The van der Waals surface area contributed by atoms with Gasteiger partial charge in [0.05, 0.1) is 11.4 Å². The van der Waals surface area contributed by atoms with Gasteiger partial charge in [-0.25, -0.2) is 4.98 Å². The highest BCUT2D eigenvalue weighted by atomic mass is 16.4. The maximum absolute atomic E-state index is 10.9. The Morgan fingerprint density at radius 1 is 1.33 bits per heavy atom. The second kappa shape index (κ2) is 6.30. The number of aryl methyl sites for hydroxylation is 2. The molecule has 0 atom stereocenters. The zero-order valence-corrected chi connectivity index (χ0v) is 11.3. The van der Waals surface area contributed by atoms with Crippen molar-refractivity contribution in [2.75, 3.05) is 38.6 Å². The standard InChI is InChI=1S/C12H20N4O2/c1-9-7-13-10(2)12(14-9)16(8-11(17)18)6-5-15(3)4/h7H,5-6,8H2,1-4H3,(H,17,18). The van der Waals surface area contributed by atoms with Crippen LogP contribution in [-0.4, -0.2) is 59.7 Å². The Kier molecular flexibility index (Phi) is 5.03. The van der Waals surface area contributed by atoms with E-state index in [1.807, 2.05) is 32.8 Å². The van der Waals surface area contributed by atoms with Gasteiger partial charge in [-0.2, -0.15) is 0 Å². The van der Waals surface area contributed by atoms with Gasteiger partial charge in [0, 0.05) is 19.3 Å². The molecule has 0 bridgehead atoms. The molecule has 0 unspecified atom stereocenters. The first kappa shape index (κ1) is 14.4. The molecule has 1 aromatic rings. The summed E-state index contributed by atoms with van der Waals surface area (Å²) in [6.07, 6.45) is 1.68. The van der Waals surface area contributed by atoms with Crippen LogP contribution in [0.15, 0.2) is 6.20 Å². The molecule has 0 radical (unpaired) electrons. The second-order valence-electron chi connectivity index (χ2n) is 4.54. The van der Waals surface area contributed by atoms with Crippen LogP contribution in [0.4, 0.5) is 5.82 Å². The number of hydrogen-bond donors (Lipinski definition) is 1. The molecule has 6 heteroatoms. The van der Waals surface area contributed by atoms with Gasteiger partial charge in [-0.05, 0) is 27.9 Å². The molecule has 0 fully saturated rings. The van der Waals surface area contributed by atoms with Crippen molar-refractivity contribution in [3.8, 4) is 0 Å². The largest absolute Gasteiger partial charge is 0.480 e. The molecule has 0 spiro atoms. The zero-order valence-electron chi connectivity index (χ0n) is 11.3. The summed E-state index contributed by atoms with van der Waals surface area (Å²) in [7, 11) is 3.90. The summed E-state index contributed by atoms with van der Waals surface area (Å²) in [5.41, 5.74) is 1.54. The lowest BCUT2D eigenvalue weighted by Crippen LogP contribution is -2.36. The number of nitrogens with zero attached hydrogens (tertiary/aromatic N) is 4. The van der Waals surface area contributed by atoms with E-state index in [-0.39, 0.29) is 6.54 Å². The third-order valence-corrected chi connectivity index (χ3v) is 2.49. The Labute approximate surface area is 107 Å². The van der Waals surface area contributed by atoms with Crippen LogP contribution in [0.5, 0.6) is 0 Å². The van der Waals surface area contributed by atoms with E-state index >= 15 is 0 Å². The first-order valence-corrected chi connectivity index (χ1v) is 5.82. The average molecular weight is 252 g/mol. The Morgan fingerprint density at radius 2 is 2.00 bits per heavy atom. The molecule has 0 aromatic carbocycles. The number of carbonyl (C=O) groups is 1. The molecule has 0 saturated carbocycles. The van der Waals surface area contributed by atoms with Gasteiger partial charge in [0.1, 0.15) is 6.54 Å². The van der Waals surface area contributed by atoms with Crippen LogP contribution in [0.1, 0.15) is 11.4 Å². The van der Waals surface area contributed by atoms with Crippen LogP contribution in [0, 0.1) is 13.8 Å². The average Bonchev–Trinajstić information content (AvgIpc) is 2.27. The monoisotopic (exact) mass is 252 g/mol. The fraction of sp³-hybridized carbons (Fsp3) is 0.583. The highest BCUT2D eigenvalue weighted by Crippen LogP contribution is 2.14. The predicted octanol–water partition coefficient (Wildman–Crippen LogP) is 0.546. The molecule has 1 heterocycles. The van der Waals surface area contributed by atoms with Crippen molar-refractivity contribution in [1.82, 2.24) is 14.9 Å². The molecule has 100 valence electrons. The third-order valence-electron chi connectivity index (χ3n) is 2.49. The number of carboxylic acid groups (broad SMARTS) is 1. The zero-order chi connectivity index (χ0) is 13.7. The van der Waals surface area contributed by atoms with Crippen LogP contribution in [-0.2, 0) is 4.79 Å². The minimum atomic E-state index is -0.864. The number of carboxylic acids is 1. The number of rotatable bonds is 6. The predicted molar refractivity (Wildman–Crippen MR) is 69.9 cm³/mol. The Balaban J connectivity index is 2.93. The molecule has 0 aliphatic carbocycles. The van der Waals surface area contributed by atoms with Crippen LogP contribution in [0.3, 0.4) is 0 Å². The van der Waals surface area contributed by atoms with E-state index in [2.05, 4.69) is 9.97 Å². The Bertz CT molecular complexity index is 421. The molecule has 6 nitrogen and oxygen atoms in total. The molecule has 0 aliphatic rings. The van der Waals surface area contributed by atoms with Crippen LogP contribution >= 0.6 is 0 Å². The first-order valence-electron chi connectivity index (χ1n) is 5.82. The third kappa shape index (κ3) is 4.29. The van der Waals surface area contributed by atoms with Gasteiger partial charge < -0.3 is 14.9 Å². The van der Waals surface area contributed by atoms with Crippen molar-refractivity contribution in [3.63, 3.8) is 0 Å². The summed E-state index contributed by atoms with van der Waals surface area (Å²) in [5, 5.41) is 8.97. The fourth-order valence-corrected chi connectivity index (χ4v) is 1.57. The van der Waals surface area contributed by atoms with Crippen LogP contribution < -0.4 is 4.90 Å². The minimum absolute atomic E-state index is 0.0627. The SMILES string of the molecule is Cc1cnc(C)c(N(CCN(C)C)CC(=O)O)n1. The Hall–Kier alpha value is -1.69. The van der Waals surface area contributed by atoms with Crippen molar-refractivity contribution in [2.24, 2.45) is 0 Å². The van der Waals surface area contributed by atoms with E-state index in [0.717, 1.165) is 17.9 Å². The summed E-state index contributed by atoms with van der Waals surface area (Å²) < 4.78 is 0. The molecule has 0 amide bonds. The fourth-order valence-electron chi connectivity index (χ4n) is 1.57. The lowest BCUT2D eigenvalue weighted by Gasteiger charge is -2.24. The van der Waals surface area contributed by atoms with Gasteiger partial charge in [0.25, 0.3) is 0 Å². The second-order valence-corrected chi connectivity index (χ2v) is 4.54. The molecular formula is C12H20N4O2. The van der Waals surface area contributed by atoms with Gasteiger partial charge in [0.15, 0.2) is 5.82 Å². The number of likely N-dealkylation sites (N-methyl/N-ethyl adjacent to an activating group) is 1. The van der Waals surface area contributed by atoms with Gasteiger partial charge >= 0.3 is 5.97 Å². The van der Waals surface area contributed by atoms with Gasteiger partial charge in [-0.3, -0.25) is 9.78 Å². The van der Waals surface area contributed by atoms with E-state index in [0.29, 0.717) is 12.4 Å². The molecular weight excluding hydrogens is 232 g/mol. The molecule has 0 saturated heterocycles. The van der Waals surface area contributed by atoms with Crippen molar-refractivity contribution in [3.05, 3.63) is 17.6 Å². The summed E-state index contributed by atoms with van der Waals surface area (Å²) in [6.45, 7) is 5.00. The summed E-state index contributed by atoms with van der Waals surface area (Å²) in [6, 6.07) is 0. The van der Waals surface area contributed by atoms with E-state index in [1.165, 1.54) is 0 Å². The topological polar surface area (TPSA) is 69.6 Å². The van der Waals surface area contributed by atoms with E-state index < -0.39 is 5.97 Å². The van der Waals surface area contributed by atoms with Gasteiger partial charge in [-0.1, -0.05) is 0 Å². The van der Waals surface area contributed by atoms with Crippen molar-refractivity contribution >= 4 is 11.8 Å². The van der Waals surface area contributed by atoms with Gasteiger partial charge in [0.2, 0.25) is 0 Å². The number of aliphatic carboxylic acids is 1. The molecule has 1 rings (SSSR count). The van der Waals surface area contributed by atoms with Crippen molar-refractivity contribution in [2.45, 2.75) is 13.8 Å². The van der Waals surface area contributed by atoms with Crippen molar-refractivity contribution in [1.29, 1.82) is 0 Å². The molecule has 1 N–H and O–H groups in total. The van der Waals surface area contributed by atoms with E-state index in [9.17, 15) is 4.79 Å². The maximum atomic E-state index is 10.9. The lowest BCUT2D eigenvalue weighted by atomic mass is 10.3. The first-order chi connectivity index (χ1) is 8.40. The normalized spacial score (nSPS) is 10.7. The highest BCUT2D eigenvalue weighted by molar-refractivity contribution is 5.73. The number of anilines is 1. The van der Waals surface area contributed by atoms with Crippen LogP contribution in [0.25, 0.3) is 0 Å². The molecule has 1 aromatic heterocycles. The quantitative estimate of drug-likeness (QED) is 0.797. The summed E-state index contributed by atoms with van der Waals surface area (Å²) in [4.78, 5) is 23.3. The number of hydrogen-bond acceptors (Lipinski definition) is 5. The molecule has 18 heavy (non-hydrogen) atoms. The minimum Gasteiger partial charge on any atom is -0.480 e. The Morgan fingerprint density at radius 3 is 2.56 bits per heavy atom. The summed E-state index contributed by atoms with van der Waals surface area (Å²) in [5.74, 6) is -0.212. The van der Waals surface area contributed by atoms with Gasteiger partial charge in [-0.15, -0.1) is 0 Å². The number of aromatic nitrogens is 2.